The van der Waals surface area contributed by atoms with Crippen LogP contribution in [-0.2, 0) is 4.74 Å². The zero-order chi connectivity index (χ0) is 14.0. The third-order valence-corrected chi connectivity index (χ3v) is 4.23. The molecule has 4 heteroatoms. The fraction of sp³-hybridized carbons (Fsp3) is 0.562. The van der Waals surface area contributed by atoms with Crippen LogP contribution >= 0.6 is 0 Å². The lowest BCUT2D eigenvalue weighted by molar-refractivity contribution is 0.00600. The number of hydrogen-bond donors (Lipinski definition) is 0. The molecule has 0 radical (unpaired) electrons. The van der Waals surface area contributed by atoms with Crippen LogP contribution in [-0.4, -0.2) is 31.7 Å². The van der Waals surface area contributed by atoms with E-state index in [1.165, 1.54) is 0 Å². The molecular weight excluding hydrogens is 256 g/mol. The number of ketones is 1. The van der Waals surface area contributed by atoms with E-state index in [9.17, 15) is 4.79 Å². The SMILES string of the molecule is COC1(C(=O)c2ccc3c(c2)OCCCO3)CCCC1. The van der Waals surface area contributed by atoms with Gasteiger partial charge in [0.15, 0.2) is 17.3 Å². The minimum Gasteiger partial charge on any atom is -0.490 e. The number of methoxy groups -OCH3 is 1. The van der Waals surface area contributed by atoms with Crippen molar-refractivity contribution in [3.63, 3.8) is 0 Å². The molecule has 1 saturated carbocycles. The highest BCUT2D eigenvalue weighted by Crippen LogP contribution is 2.38. The third-order valence-electron chi connectivity index (χ3n) is 4.23. The molecular formula is C16H20O4. The molecule has 1 aromatic rings. The second-order valence-electron chi connectivity index (χ2n) is 5.45. The first-order valence-electron chi connectivity index (χ1n) is 7.25. The summed E-state index contributed by atoms with van der Waals surface area (Å²) >= 11 is 0. The summed E-state index contributed by atoms with van der Waals surface area (Å²) in [6.45, 7) is 1.28. The maximum Gasteiger partial charge on any atom is 0.194 e. The number of carbonyl (C=O) groups is 1. The van der Waals surface area contributed by atoms with Crippen LogP contribution in [0.5, 0.6) is 11.5 Å². The Bertz CT molecular complexity index is 503. The minimum atomic E-state index is -0.639. The van der Waals surface area contributed by atoms with Crippen LogP contribution in [0.25, 0.3) is 0 Å². The standard InChI is InChI=1S/C16H20O4/c1-18-16(7-2-3-8-16)15(17)12-5-6-13-14(11-12)20-10-4-9-19-13/h5-6,11H,2-4,7-10H2,1H3. The predicted molar refractivity (Wildman–Crippen MR) is 74.6 cm³/mol. The monoisotopic (exact) mass is 276 g/mol. The van der Waals surface area contributed by atoms with Gasteiger partial charge in [0.25, 0.3) is 0 Å². The summed E-state index contributed by atoms with van der Waals surface area (Å²) in [4.78, 5) is 12.8. The lowest BCUT2D eigenvalue weighted by Crippen LogP contribution is -2.37. The van der Waals surface area contributed by atoms with E-state index in [1.807, 2.05) is 12.1 Å². The first-order valence-corrected chi connectivity index (χ1v) is 7.25. The second-order valence-corrected chi connectivity index (χ2v) is 5.45. The van der Waals surface area contributed by atoms with E-state index >= 15 is 0 Å². The smallest absolute Gasteiger partial charge is 0.194 e. The molecule has 20 heavy (non-hydrogen) atoms. The Balaban J connectivity index is 1.90. The van der Waals surface area contributed by atoms with Gasteiger partial charge in [-0.15, -0.1) is 0 Å². The van der Waals surface area contributed by atoms with Gasteiger partial charge in [0.2, 0.25) is 0 Å². The molecule has 0 N–H and O–H groups in total. The van der Waals surface area contributed by atoms with Crippen LogP contribution < -0.4 is 9.47 Å². The van der Waals surface area contributed by atoms with Crippen molar-refractivity contribution in [1.29, 1.82) is 0 Å². The number of benzene rings is 1. The van der Waals surface area contributed by atoms with Crippen molar-refractivity contribution >= 4 is 5.78 Å². The summed E-state index contributed by atoms with van der Waals surface area (Å²) in [5.74, 6) is 1.45. The predicted octanol–water partition coefficient (Wildman–Crippen LogP) is 2.99. The van der Waals surface area contributed by atoms with Gasteiger partial charge in [0.05, 0.1) is 13.2 Å². The lowest BCUT2D eigenvalue weighted by Gasteiger charge is -2.26. The van der Waals surface area contributed by atoms with Gasteiger partial charge in [-0.3, -0.25) is 4.79 Å². The summed E-state index contributed by atoms with van der Waals surface area (Å²) in [6, 6.07) is 5.43. The Kier molecular flexibility index (Phi) is 3.66. The fourth-order valence-corrected chi connectivity index (χ4v) is 3.04. The van der Waals surface area contributed by atoms with Crippen molar-refractivity contribution in [3.8, 4) is 11.5 Å². The molecule has 0 amide bonds. The van der Waals surface area contributed by atoms with Crippen molar-refractivity contribution in [1.82, 2.24) is 0 Å². The first kappa shape index (κ1) is 13.4. The van der Waals surface area contributed by atoms with Gasteiger partial charge in [-0.1, -0.05) is 0 Å². The molecule has 108 valence electrons. The van der Waals surface area contributed by atoms with E-state index in [0.717, 1.165) is 37.9 Å². The van der Waals surface area contributed by atoms with E-state index in [2.05, 4.69) is 0 Å². The van der Waals surface area contributed by atoms with Crippen LogP contribution in [0.2, 0.25) is 0 Å². The topological polar surface area (TPSA) is 44.8 Å². The maximum absolute atomic E-state index is 12.8. The van der Waals surface area contributed by atoms with Crippen LogP contribution in [0.3, 0.4) is 0 Å². The van der Waals surface area contributed by atoms with E-state index < -0.39 is 5.60 Å². The Hall–Kier alpha value is -1.55. The molecule has 0 aromatic heterocycles. The van der Waals surface area contributed by atoms with Gasteiger partial charge >= 0.3 is 0 Å². The number of rotatable bonds is 3. The fourth-order valence-electron chi connectivity index (χ4n) is 3.04. The van der Waals surface area contributed by atoms with Crippen LogP contribution in [0.15, 0.2) is 18.2 Å². The largest absolute Gasteiger partial charge is 0.490 e. The third kappa shape index (κ3) is 2.29. The molecule has 3 rings (SSSR count). The maximum atomic E-state index is 12.8. The Morgan fingerprint density at radius 1 is 1.10 bits per heavy atom. The van der Waals surface area contributed by atoms with Crippen molar-refractivity contribution < 1.29 is 19.0 Å². The molecule has 0 atom stereocenters. The number of fused-ring (bicyclic) bond motifs is 1. The summed E-state index contributed by atoms with van der Waals surface area (Å²) in [6.07, 6.45) is 4.56. The normalized spacial score (nSPS) is 20.4. The molecule has 4 nitrogen and oxygen atoms in total. The van der Waals surface area contributed by atoms with Gasteiger partial charge in [0, 0.05) is 19.1 Å². The van der Waals surface area contributed by atoms with E-state index in [1.54, 1.807) is 13.2 Å². The molecule has 1 aromatic carbocycles. The highest BCUT2D eigenvalue weighted by molar-refractivity contribution is 6.03. The van der Waals surface area contributed by atoms with E-state index in [4.69, 9.17) is 14.2 Å². The summed E-state index contributed by atoms with van der Waals surface area (Å²) in [5.41, 5.74) is 0.0119. The van der Waals surface area contributed by atoms with E-state index in [0.29, 0.717) is 24.5 Å². The zero-order valence-corrected chi connectivity index (χ0v) is 11.8. The molecule has 0 bridgehead atoms. The van der Waals surface area contributed by atoms with Gasteiger partial charge in [-0.2, -0.15) is 0 Å². The molecule has 1 fully saturated rings. The van der Waals surface area contributed by atoms with Gasteiger partial charge in [0.1, 0.15) is 5.60 Å². The quantitative estimate of drug-likeness (QED) is 0.796. The van der Waals surface area contributed by atoms with Crippen LogP contribution in [0.1, 0.15) is 42.5 Å². The van der Waals surface area contributed by atoms with E-state index in [-0.39, 0.29) is 5.78 Å². The van der Waals surface area contributed by atoms with Crippen molar-refractivity contribution in [2.45, 2.75) is 37.7 Å². The average Bonchev–Trinajstić information content (AvgIpc) is 2.85. The average molecular weight is 276 g/mol. The lowest BCUT2D eigenvalue weighted by atomic mass is 9.91. The highest BCUT2D eigenvalue weighted by atomic mass is 16.5. The van der Waals surface area contributed by atoms with Crippen molar-refractivity contribution in [2.24, 2.45) is 0 Å². The first-order chi connectivity index (χ1) is 9.75. The van der Waals surface area contributed by atoms with Gasteiger partial charge < -0.3 is 14.2 Å². The summed E-state index contributed by atoms with van der Waals surface area (Å²) in [7, 11) is 1.63. The van der Waals surface area contributed by atoms with Crippen molar-refractivity contribution in [2.75, 3.05) is 20.3 Å². The highest BCUT2D eigenvalue weighted by Gasteiger charge is 2.41. The van der Waals surface area contributed by atoms with Crippen LogP contribution in [0, 0.1) is 0 Å². The molecule has 0 unspecified atom stereocenters. The Morgan fingerprint density at radius 3 is 2.50 bits per heavy atom. The molecule has 0 spiro atoms. The van der Waals surface area contributed by atoms with Crippen LogP contribution in [0.4, 0.5) is 0 Å². The zero-order valence-electron chi connectivity index (χ0n) is 11.8. The molecule has 1 aliphatic heterocycles. The second kappa shape index (κ2) is 5.44. The minimum absolute atomic E-state index is 0.0631. The van der Waals surface area contributed by atoms with Crippen molar-refractivity contribution in [3.05, 3.63) is 23.8 Å². The molecule has 0 saturated heterocycles. The number of ether oxygens (including phenoxy) is 3. The van der Waals surface area contributed by atoms with Gasteiger partial charge in [-0.05, 0) is 43.9 Å². The number of Topliss-reactive ketones (excluding diaryl/α,β-unsaturated/α-hetero) is 1. The number of carbonyl (C=O) groups excluding carboxylic acids is 1. The molecule has 1 heterocycles. The number of hydrogen-bond acceptors (Lipinski definition) is 4. The molecule has 1 aliphatic carbocycles. The summed E-state index contributed by atoms with van der Waals surface area (Å²) in [5, 5.41) is 0. The summed E-state index contributed by atoms with van der Waals surface area (Å²) < 4.78 is 16.8. The molecule has 2 aliphatic rings. The Morgan fingerprint density at radius 2 is 1.80 bits per heavy atom. The Labute approximate surface area is 119 Å². The van der Waals surface area contributed by atoms with Gasteiger partial charge in [-0.25, -0.2) is 0 Å².